The number of methoxy groups -OCH3 is 1. The van der Waals surface area contributed by atoms with E-state index in [9.17, 15) is 4.79 Å². The number of carbonyl (C=O) groups is 1. The van der Waals surface area contributed by atoms with Crippen LogP contribution in [0.15, 0.2) is 28.8 Å². The van der Waals surface area contributed by atoms with Crippen LogP contribution in [-0.4, -0.2) is 29.8 Å². The molecule has 0 aliphatic rings. The summed E-state index contributed by atoms with van der Waals surface area (Å²) < 4.78 is 9.77. The lowest BCUT2D eigenvalue weighted by Crippen LogP contribution is -2.32. The highest BCUT2D eigenvalue weighted by molar-refractivity contribution is 6.30. The van der Waals surface area contributed by atoms with Gasteiger partial charge in [0.25, 0.3) is 0 Å². The standard InChI is InChI=1S/C13H14ClN3O3/c1-8-15-13(17-20-8)12(16-11(18)7-19-2)9-3-5-10(14)6-4-9/h3-6,12H,7H2,1-2H3,(H,16,18). The number of rotatable bonds is 5. The lowest BCUT2D eigenvalue weighted by molar-refractivity contribution is -0.125. The quantitative estimate of drug-likeness (QED) is 0.911. The van der Waals surface area contributed by atoms with E-state index in [1.54, 1.807) is 31.2 Å². The summed E-state index contributed by atoms with van der Waals surface area (Å²) in [6, 6.07) is 6.56. The molecule has 1 heterocycles. The maximum atomic E-state index is 11.7. The van der Waals surface area contributed by atoms with Gasteiger partial charge >= 0.3 is 0 Å². The lowest BCUT2D eigenvalue weighted by atomic mass is 10.1. The molecule has 1 unspecified atom stereocenters. The minimum Gasteiger partial charge on any atom is -0.375 e. The van der Waals surface area contributed by atoms with Crippen LogP contribution in [0.5, 0.6) is 0 Å². The van der Waals surface area contributed by atoms with E-state index in [1.165, 1.54) is 7.11 Å². The van der Waals surface area contributed by atoms with Crippen LogP contribution in [0.2, 0.25) is 5.02 Å². The van der Waals surface area contributed by atoms with Gasteiger partial charge in [0, 0.05) is 19.1 Å². The number of nitrogens with zero attached hydrogens (tertiary/aromatic N) is 2. The largest absolute Gasteiger partial charge is 0.375 e. The van der Waals surface area contributed by atoms with E-state index < -0.39 is 6.04 Å². The van der Waals surface area contributed by atoms with Gasteiger partial charge in [-0.1, -0.05) is 28.9 Å². The molecule has 0 saturated heterocycles. The van der Waals surface area contributed by atoms with Gasteiger partial charge in [0.05, 0.1) is 0 Å². The average molecular weight is 296 g/mol. The van der Waals surface area contributed by atoms with Crippen LogP contribution in [-0.2, 0) is 9.53 Å². The van der Waals surface area contributed by atoms with Crippen LogP contribution in [0, 0.1) is 6.92 Å². The van der Waals surface area contributed by atoms with Crippen LogP contribution in [0.1, 0.15) is 23.3 Å². The maximum Gasteiger partial charge on any atom is 0.246 e. The Morgan fingerprint density at radius 1 is 1.45 bits per heavy atom. The van der Waals surface area contributed by atoms with E-state index in [0.717, 1.165) is 5.56 Å². The fraction of sp³-hybridized carbons (Fsp3) is 0.308. The highest BCUT2D eigenvalue weighted by atomic mass is 35.5. The SMILES string of the molecule is COCC(=O)NC(c1ccc(Cl)cc1)c1noc(C)n1. The van der Waals surface area contributed by atoms with Gasteiger partial charge in [-0.2, -0.15) is 4.98 Å². The Kier molecular flexibility index (Phi) is 4.70. The van der Waals surface area contributed by atoms with Crippen LogP contribution in [0.4, 0.5) is 0 Å². The second kappa shape index (κ2) is 6.49. The van der Waals surface area contributed by atoms with Crippen molar-refractivity contribution in [2.75, 3.05) is 13.7 Å². The third-order valence-corrected chi connectivity index (χ3v) is 2.84. The number of nitrogens with one attached hydrogen (secondary N) is 1. The number of aryl methyl sites for hydroxylation is 1. The Balaban J connectivity index is 2.28. The Hall–Kier alpha value is -1.92. The lowest BCUT2D eigenvalue weighted by Gasteiger charge is -2.15. The zero-order valence-electron chi connectivity index (χ0n) is 11.1. The van der Waals surface area contributed by atoms with E-state index in [2.05, 4.69) is 15.5 Å². The Morgan fingerprint density at radius 3 is 2.70 bits per heavy atom. The van der Waals surface area contributed by atoms with Crippen molar-refractivity contribution >= 4 is 17.5 Å². The molecule has 0 radical (unpaired) electrons. The molecule has 0 aliphatic carbocycles. The zero-order chi connectivity index (χ0) is 14.5. The van der Waals surface area contributed by atoms with Crippen molar-refractivity contribution in [3.63, 3.8) is 0 Å². The molecule has 6 nitrogen and oxygen atoms in total. The Morgan fingerprint density at radius 2 is 2.15 bits per heavy atom. The summed E-state index contributed by atoms with van der Waals surface area (Å²) in [5.41, 5.74) is 0.805. The molecule has 0 fully saturated rings. The summed E-state index contributed by atoms with van der Waals surface area (Å²) in [7, 11) is 1.45. The molecule has 1 atom stereocenters. The van der Waals surface area contributed by atoms with E-state index in [1.807, 2.05) is 0 Å². The highest BCUT2D eigenvalue weighted by Gasteiger charge is 2.21. The Bertz CT molecular complexity index is 583. The van der Waals surface area contributed by atoms with E-state index >= 15 is 0 Å². The summed E-state index contributed by atoms with van der Waals surface area (Å²) in [5, 5.41) is 7.26. The molecule has 0 saturated carbocycles. The minimum atomic E-state index is -0.507. The van der Waals surface area contributed by atoms with Gasteiger partial charge in [0.1, 0.15) is 12.6 Å². The molecule has 0 bridgehead atoms. The monoisotopic (exact) mass is 295 g/mol. The first-order valence-corrected chi connectivity index (χ1v) is 6.32. The number of hydrogen-bond acceptors (Lipinski definition) is 5. The Labute approximate surface area is 121 Å². The summed E-state index contributed by atoms with van der Waals surface area (Å²) in [5.74, 6) is 0.545. The number of aromatic nitrogens is 2. The summed E-state index contributed by atoms with van der Waals surface area (Å²) in [4.78, 5) is 15.9. The molecule has 2 rings (SSSR count). The van der Waals surface area contributed by atoms with Crippen molar-refractivity contribution in [3.05, 3.63) is 46.6 Å². The third-order valence-electron chi connectivity index (χ3n) is 2.59. The summed E-state index contributed by atoms with van der Waals surface area (Å²) in [6.07, 6.45) is 0. The first-order chi connectivity index (χ1) is 9.60. The van der Waals surface area contributed by atoms with Gasteiger partial charge in [-0.25, -0.2) is 0 Å². The van der Waals surface area contributed by atoms with Gasteiger partial charge in [0.15, 0.2) is 5.82 Å². The minimum absolute atomic E-state index is 0.0408. The fourth-order valence-corrected chi connectivity index (χ4v) is 1.84. The normalized spacial score (nSPS) is 12.2. The smallest absolute Gasteiger partial charge is 0.246 e. The van der Waals surface area contributed by atoms with E-state index in [4.69, 9.17) is 20.9 Å². The van der Waals surface area contributed by atoms with E-state index in [0.29, 0.717) is 16.7 Å². The maximum absolute atomic E-state index is 11.7. The van der Waals surface area contributed by atoms with Gasteiger partial charge in [0.2, 0.25) is 11.8 Å². The highest BCUT2D eigenvalue weighted by Crippen LogP contribution is 2.21. The number of halogens is 1. The van der Waals surface area contributed by atoms with Gasteiger partial charge in [-0.05, 0) is 17.7 Å². The van der Waals surface area contributed by atoms with Crippen LogP contribution in [0.3, 0.4) is 0 Å². The topological polar surface area (TPSA) is 77.2 Å². The number of amides is 1. The first-order valence-electron chi connectivity index (χ1n) is 5.94. The number of hydrogen-bond donors (Lipinski definition) is 1. The predicted octanol–water partition coefficient (Wildman–Crippen LogP) is 1.88. The first kappa shape index (κ1) is 14.5. The third kappa shape index (κ3) is 3.55. The van der Waals surface area contributed by atoms with E-state index in [-0.39, 0.29) is 12.5 Å². The average Bonchev–Trinajstić information content (AvgIpc) is 2.84. The molecular weight excluding hydrogens is 282 g/mol. The van der Waals surface area contributed by atoms with Gasteiger partial charge in [-0.3, -0.25) is 4.79 Å². The molecule has 20 heavy (non-hydrogen) atoms. The van der Waals surface area contributed by atoms with Crippen molar-refractivity contribution < 1.29 is 14.1 Å². The predicted molar refractivity (Wildman–Crippen MR) is 72.3 cm³/mol. The molecule has 0 aliphatic heterocycles. The van der Waals surface area contributed by atoms with Crippen LogP contribution < -0.4 is 5.32 Å². The zero-order valence-corrected chi connectivity index (χ0v) is 11.8. The second-order valence-corrected chi connectivity index (χ2v) is 4.59. The number of carbonyl (C=O) groups excluding carboxylic acids is 1. The van der Waals surface area contributed by atoms with Crippen LogP contribution in [0.25, 0.3) is 0 Å². The molecular formula is C13H14ClN3O3. The molecule has 1 aromatic carbocycles. The summed E-state index contributed by atoms with van der Waals surface area (Å²) >= 11 is 5.86. The molecule has 1 N–H and O–H groups in total. The fourth-order valence-electron chi connectivity index (χ4n) is 1.72. The second-order valence-electron chi connectivity index (χ2n) is 4.16. The van der Waals surface area contributed by atoms with Crippen molar-refractivity contribution in [1.29, 1.82) is 0 Å². The van der Waals surface area contributed by atoms with Crippen molar-refractivity contribution in [2.24, 2.45) is 0 Å². The number of benzene rings is 1. The van der Waals surface area contributed by atoms with Gasteiger partial charge in [-0.15, -0.1) is 0 Å². The van der Waals surface area contributed by atoms with Crippen LogP contribution >= 0.6 is 11.6 Å². The van der Waals surface area contributed by atoms with Crippen molar-refractivity contribution in [2.45, 2.75) is 13.0 Å². The molecule has 7 heteroatoms. The van der Waals surface area contributed by atoms with Gasteiger partial charge < -0.3 is 14.6 Å². The number of ether oxygens (including phenoxy) is 1. The molecule has 0 spiro atoms. The summed E-state index contributed by atoms with van der Waals surface area (Å²) in [6.45, 7) is 1.65. The van der Waals surface area contributed by atoms with Crippen molar-refractivity contribution in [1.82, 2.24) is 15.5 Å². The molecule has 106 valence electrons. The molecule has 2 aromatic rings. The van der Waals surface area contributed by atoms with Crippen molar-refractivity contribution in [3.8, 4) is 0 Å². The molecule has 1 amide bonds. The molecule has 1 aromatic heterocycles.